The molecular weight excluding hydrogens is 355 g/mol. The van der Waals surface area contributed by atoms with Crippen LogP contribution in [0.3, 0.4) is 0 Å². The number of nitrogens with zero attached hydrogens (tertiary/aromatic N) is 4. The van der Waals surface area contributed by atoms with Crippen LogP contribution < -0.4 is 10.2 Å². The minimum Gasteiger partial charge on any atom is -0.331 e. The molecule has 0 saturated carbocycles. The van der Waals surface area contributed by atoms with Crippen LogP contribution >= 0.6 is 11.8 Å². The second-order valence-corrected chi connectivity index (χ2v) is 6.94. The Balaban J connectivity index is 2.00. The van der Waals surface area contributed by atoms with E-state index in [4.69, 9.17) is 0 Å². The number of carbonyl (C=O) groups is 1. The summed E-state index contributed by atoms with van der Waals surface area (Å²) in [7, 11) is 0. The molecule has 6 nitrogen and oxygen atoms in total. The Labute approximate surface area is 145 Å². The lowest BCUT2D eigenvalue weighted by molar-refractivity contribution is -0.137. The quantitative estimate of drug-likeness (QED) is 0.782. The molecule has 4 rings (SSSR count). The highest BCUT2D eigenvalue weighted by atomic mass is 32.2. The first-order valence-corrected chi connectivity index (χ1v) is 8.79. The van der Waals surface area contributed by atoms with Gasteiger partial charge in [0, 0.05) is 6.42 Å². The summed E-state index contributed by atoms with van der Waals surface area (Å²) in [5.74, 6) is 0.177. The van der Waals surface area contributed by atoms with E-state index in [0.717, 1.165) is 12.1 Å². The highest BCUT2D eigenvalue weighted by molar-refractivity contribution is 7.98. The molecule has 1 aromatic heterocycles. The normalized spacial score (nSPS) is 22.1. The van der Waals surface area contributed by atoms with Crippen LogP contribution in [0, 0.1) is 0 Å². The van der Waals surface area contributed by atoms with Gasteiger partial charge in [0.25, 0.3) is 0 Å². The lowest BCUT2D eigenvalue weighted by Crippen LogP contribution is -2.49. The van der Waals surface area contributed by atoms with Crippen molar-refractivity contribution in [1.82, 2.24) is 14.8 Å². The van der Waals surface area contributed by atoms with Crippen molar-refractivity contribution in [2.24, 2.45) is 0 Å². The van der Waals surface area contributed by atoms with Crippen LogP contribution in [0.1, 0.15) is 25.3 Å². The van der Waals surface area contributed by atoms with Gasteiger partial charge in [-0.15, -0.1) is 5.10 Å². The number of aromatic nitrogens is 3. The molecule has 0 aliphatic carbocycles. The summed E-state index contributed by atoms with van der Waals surface area (Å²) >= 11 is 1.33. The molecule has 25 heavy (non-hydrogen) atoms. The first-order valence-electron chi connectivity index (χ1n) is 7.57. The largest absolute Gasteiger partial charge is 0.416 e. The summed E-state index contributed by atoms with van der Waals surface area (Å²) in [4.78, 5) is 18.2. The first-order chi connectivity index (χ1) is 11.7. The Morgan fingerprint density at radius 2 is 2.08 bits per heavy atom. The highest BCUT2D eigenvalue weighted by Gasteiger charge is 2.47. The van der Waals surface area contributed by atoms with E-state index >= 15 is 0 Å². The predicted molar refractivity (Wildman–Crippen MR) is 86.9 cm³/mol. The number of halogens is 3. The zero-order valence-corrected chi connectivity index (χ0v) is 14.2. The molecule has 1 unspecified atom stereocenters. The van der Waals surface area contributed by atoms with Crippen molar-refractivity contribution in [2.75, 3.05) is 16.5 Å². The average molecular weight is 369 g/mol. The van der Waals surface area contributed by atoms with Gasteiger partial charge in [0.15, 0.2) is 0 Å². The maximum absolute atomic E-state index is 13.2. The second kappa shape index (κ2) is 5.13. The third kappa shape index (κ3) is 2.38. The summed E-state index contributed by atoms with van der Waals surface area (Å²) in [6.45, 7) is 1.78. The SMILES string of the molecule is CSc1nc2n(n1)-c1ccc(C(F)(F)F)cc1N1C(=O)CCC1(C)N2. The van der Waals surface area contributed by atoms with Crippen LogP contribution in [-0.4, -0.2) is 32.6 Å². The number of anilines is 2. The lowest BCUT2D eigenvalue weighted by Gasteiger charge is -2.34. The Morgan fingerprint density at radius 1 is 1.32 bits per heavy atom. The molecule has 1 amide bonds. The zero-order chi connectivity index (χ0) is 18.0. The number of nitrogens with one attached hydrogen (secondary N) is 1. The number of amides is 1. The fourth-order valence-electron chi connectivity index (χ4n) is 3.30. The van der Waals surface area contributed by atoms with Crippen molar-refractivity contribution in [1.29, 1.82) is 0 Å². The molecule has 1 saturated heterocycles. The average Bonchev–Trinajstić information content (AvgIpc) is 3.04. The topological polar surface area (TPSA) is 63.1 Å². The molecular formula is C15H14F3N5OS. The lowest BCUT2D eigenvalue weighted by atomic mass is 10.1. The number of rotatable bonds is 1. The van der Waals surface area contributed by atoms with Crippen molar-refractivity contribution in [3.05, 3.63) is 23.8 Å². The zero-order valence-electron chi connectivity index (χ0n) is 13.4. The molecule has 1 atom stereocenters. The molecule has 0 bridgehead atoms. The van der Waals surface area contributed by atoms with Crippen LogP contribution in [0.2, 0.25) is 0 Å². The Hall–Kier alpha value is -2.23. The molecule has 1 fully saturated rings. The van der Waals surface area contributed by atoms with E-state index in [2.05, 4.69) is 15.4 Å². The number of benzene rings is 1. The third-order valence-electron chi connectivity index (χ3n) is 4.49. The van der Waals surface area contributed by atoms with Gasteiger partial charge in [-0.3, -0.25) is 9.69 Å². The minimum absolute atomic E-state index is 0.184. The summed E-state index contributed by atoms with van der Waals surface area (Å²) in [6, 6.07) is 3.33. The van der Waals surface area contributed by atoms with Crippen molar-refractivity contribution in [3.63, 3.8) is 0 Å². The van der Waals surface area contributed by atoms with Gasteiger partial charge in [-0.25, -0.2) is 0 Å². The van der Waals surface area contributed by atoms with E-state index in [-0.39, 0.29) is 18.0 Å². The van der Waals surface area contributed by atoms with Crippen LogP contribution in [0.4, 0.5) is 24.8 Å². The summed E-state index contributed by atoms with van der Waals surface area (Å²) in [5, 5.41) is 8.02. The fraction of sp³-hybridized carbons (Fsp3) is 0.400. The summed E-state index contributed by atoms with van der Waals surface area (Å²) < 4.78 is 41.0. The van der Waals surface area contributed by atoms with Crippen LogP contribution in [0.5, 0.6) is 0 Å². The van der Waals surface area contributed by atoms with Gasteiger partial charge < -0.3 is 5.32 Å². The van der Waals surface area contributed by atoms with Crippen LogP contribution in [0.25, 0.3) is 5.69 Å². The van der Waals surface area contributed by atoms with Crippen molar-refractivity contribution in [2.45, 2.75) is 36.8 Å². The number of hydrogen-bond donors (Lipinski definition) is 1. The van der Waals surface area contributed by atoms with Crippen molar-refractivity contribution in [3.8, 4) is 5.69 Å². The number of thioether (sulfide) groups is 1. The molecule has 2 aromatic rings. The maximum atomic E-state index is 13.2. The van der Waals surface area contributed by atoms with Gasteiger partial charge in [-0.1, -0.05) is 11.8 Å². The van der Waals surface area contributed by atoms with E-state index in [9.17, 15) is 18.0 Å². The van der Waals surface area contributed by atoms with E-state index < -0.39 is 17.4 Å². The third-order valence-corrected chi connectivity index (χ3v) is 5.03. The number of alkyl halides is 3. The van der Waals surface area contributed by atoms with Crippen LogP contribution in [0.15, 0.2) is 23.4 Å². The molecule has 2 aliphatic heterocycles. The molecule has 3 heterocycles. The van der Waals surface area contributed by atoms with Crippen LogP contribution in [-0.2, 0) is 11.0 Å². The molecule has 132 valence electrons. The fourth-order valence-corrected chi connectivity index (χ4v) is 3.64. The van der Waals surface area contributed by atoms with Gasteiger partial charge in [0.05, 0.1) is 16.9 Å². The van der Waals surface area contributed by atoms with Gasteiger partial charge in [-0.05, 0) is 37.8 Å². The molecule has 2 aliphatic rings. The minimum atomic E-state index is -4.50. The van der Waals surface area contributed by atoms with Gasteiger partial charge in [-0.2, -0.15) is 22.8 Å². The van der Waals surface area contributed by atoms with E-state index in [0.29, 0.717) is 23.2 Å². The summed E-state index contributed by atoms with van der Waals surface area (Å²) in [6.07, 6.45) is -1.97. The number of carbonyl (C=O) groups excluding carboxylic acids is 1. The molecule has 1 aromatic carbocycles. The van der Waals surface area contributed by atoms with Gasteiger partial charge in [0.1, 0.15) is 5.66 Å². The predicted octanol–water partition coefficient (Wildman–Crippen LogP) is 3.28. The molecule has 10 heteroatoms. The maximum Gasteiger partial charge on any atom is 0.416 e. The van der Waals surface area contributed by atoms with E-state index in [1.165, 1.54) is 27.4 Å². The van der Waals surface area contributed by atoms with E-state index in [1.54, 1.807) is 6.92 Å². The molecule has 0 radical (unpaired) electrons. The number of hydrogen-bond acceptors (Lipinski definition) is 5. The molecule has 0 spiro atoms. The monoisotopic (exact) mass is 369 g/mol. The number of fused-ring (bicyclic) bond motifs is 5. The van der Waals surface area contributed by atoms with E-state index in [1.807, 2.05) is 6.26 Å². The van der Waals surface area contributed by atoms with Gasteiger partial charge >= 0.3 is 6.18 Å². The highest BCUT2D eigenvalue weighted by Crippen LogP contribution is 2.44. The van der Waals surface area contributed by atoms with Gasteiger partial charge in [0.2, 0.25) is 17.0 Å². The standard InChI is InChI=1S/C15H14F3N5OS/c1-14-6-5-11(24)22(14)10-7-8(15(16,17)18)3-4-9(10)23-12(20-14)19-13(21-23)25-2/h3-4,7H,5-6H2,1-2H3,(H,19,20,21). The van der Waals surface area contributed by atoms with Crippen molar-refractivity contribution < 1.29 is 18.0 Å². The Bertz CT molecular complexity index is 881. The summed E-state index contributed by atoms with van der Waals surface area (Å²) in [5.41, 5.74) is -1.08. The van der Waals surface area contributed by atoms with Crippen molar-refractivity contribution >= 4 is 29.3 Å². The molecule has 1 N–H and O–H groups in total. The Kier molecular flexibility index (Phi) is 3.34. The second-order valence-electron chi connectivity index (χ2n) is 6.16. The Morgan fingerprint density at radius 3 is 2.76 bits per heavy atom. The smallest absolute Gasteiger partial charge is 0.331 e. The first kappa shape index (κ1) is 16.2.